The number of aryl methyl sites for hydroxylation is 1. The monoisotopic (exact) mass is 236 g/mol. The van der Waals surface area contributed by atoms with Crippen molar-refractivity contribution < 1.29 is 4.79 Å². The van der Waals surface area contributed by atoms with Crippen molar-refractivity contribution in [1.29, 1.82) is 0 Å². The van der Waals surface area contributed by atoms with E-state index in [2.05, 4.69) is 17.3 Å². The highest BCUT2D eigenvalue weighted by atomic mass is 16.2. The molecule has 1 fully saturated rings. The van der Waals surface area contributed by atoms with Gasteiger partial charge in [0, 0.05) is 25.4 Å². The molecule has 1 atom stereocenters. The number of rotatable bonds is 5. The van der Waals surface area contributed by atoms with Crippen molar-refractivity contribution in [3.8, 4) is 0 Å². The molecule has 2 heterocycles. The molecule has 1 unspecified atom stereocenters. The highest BCUT2D eigenvalue weighted by Crippen LogP contribution is 2.19. The Kier molecular flexibility index (Phi) is 3.78. The fourth-order valence-corrected chi connectivity index (χ4v) is 2.09. The number of hydrogen-bond donors (Lipinski definition) is 1. The van der Waals surface area contributed by atoms with Crippen molar-refractivity contribution in [2.24, 2.45) is 0 Å². The van der Waals surface area contributed by atoms with Crippen LogP contribution in [-0.4, -0.2) is 34.8 Å². The summed E-state index contributed by atoms with van der Waals surface area (Å²) in [6.07, 6.45) is 3.83. The molecule has 2 rings (SSSR count). The minimum absolute atomic E-state index is 0.0262. The first-order chi connectivity index (χ1) is 8.26. The molecule has 1 amide bonds. The summed E-state index contributed by atoms with van der Waals surface area (Å²) in [5.74, 6) is 0.928. The summed E-state index contributed by atoms with van der Waals surface area (Å²) in [5.41, 5.74) is 0. The van der Waals surface area contributed by atoms with Gasteiger partial charge in [-0.15, -0.1) is 0 Å². The molecule has 1 saturated heterocycles. The largest absolute Gasteiger partial charge is 0.306 e. The third-order valence-electron chi connectivity index (χ3n) is 3.07. The first-order valence-electron chi connectivity index (χ1n) is 6.34. The zero-order valence-electron chi connectivity index (χ0n) is 10.5. The molecule has 0 bridgehead atoms. The average Bonchev–Trinajstić information content (AvgIpc) is 2.93. The highest BCUT2D eigenvalue weighted by molar-refractivity contribution is 5.98. The lowest BCUT2D eigenvalue weighted by Crippen LogP contribution is -2.38. The van der Waals surface area contributed by atoms with Crippen LogP contribution in [0.4, 0.5) is 5.82 Å². The van der Waals surface area contributed by atoms with E-state index in [9.17, 15) is 4.79 Å². The van der Waals surface area contributed by atoms with Crippen LogP contribution in [0.1, 0.15) is 26.7 Å². The number of carbonyl (C=O) groups excluding carboxylic acids is 1. The molecule has 94 valence electrons. The maximum atomic E-state index is 12.1. The van der Waals surface area contributed by atoms with Crippen molar-refractivity contribution in [1.82, 2.24) is 15.1 Å². The van der Waals surface area contributed by atoms with Crippen LogP contribution >= 0.6 is 0 Å². The molecule has 0 aliphatic carbocycles. The van der Waals surface area contributed by atoms with Crippen LogP contribution in [0.3, 0.4) is 0 Å². The quantitative estimate of drug-likeness (QED) is 0.830. The first kappa shape index (κ1) is 12.1. The van der Waals surface area contributed by atoms with E-state index in [1.165, 1.54) is 0 Å². The zero-order valence-corrected chi connectivity index (χ0v) is 10.5. The number of amides is 1. The van der Waals surface area contributed by atoms with Gasteiger partial charge in [-0.25, -0.2) is 0 Å². The van der Waals surface area contributed by atoms with Crippen molar-refractivity contribution in [2.75, 3.05) is 18.0 Å². The summed E-state index contributed by atoms with van der Waals surface area (Å²) >= 11 is 0. The third kappa shape index (κ3) is 2.49. The Bertz CT molecular complexity index is 388. The zero-order chi connectivity index (χ0) is 12.3. The van der Waals surface area contributed by atoms with Crippen molar-refractivity contribution in [2.45, 2.75) is 39.3 Å². The van der Waals surface area contributed by atoms with Crippen LogP contribution in [-0.2, 0) is 11.3 Å². The highest BCUT2D eigenvalue weighted by Gasteiger charge is 2.32. The molecule has 1 aliphatic rings. The molecule has 5 nitrogen and oxygen atoms in total. The van der Waals surface area contributed by atoms with E-state index in [1.54, 1.807) is 4.90 Å². The van der Waals surface area contributed by atoms with Gasteiger partial charge in [-0.1, -0.05) is 6.92 Å². The lowest BCUT2D eigenvalue weighted by Gasteiger charge is -2.14. The van der Waals surface area contributed by atoms with Gasteiger partial charge < -0.3 is 5.32 Å². The van der Waals surface area contributed by atoms with Gasteiger partial charge in [-0.3, -0.25) is 14.4 Å². The molecular weight excluding hydrogens is 216 g/mol. The fraction of sp³-hybridized carbons (Fsp3) is 0.667. The Morgan fingerprint density at radius 1 is 1.53 bits per heavy atom. The van der Waals surface area contributed by atoms with Gasteiger partial charge >= 0.3 is 0 Å². The van der Waals surface area contributed by atoms with Gasteiger partial charge in [0.2, 0.25) is 5.91 Å². The Morgan fingerprint density at radius 3 is 3.00 bits per heavy atom. The molecule has 17 heavy (non-hydrogen) atoms. The summed E-state index contributed by atoms with van der Waals surface area (Å²) in [6, 6.07) is 1.88. The number of nitrogens with zero attached hydrogens (tertiary/aromatic N) is 3. The molecule has 0 aromatic carbocycles. The molecule has 5 heteroatoms. The predicted octanol–water partition coefficient (Wildman–Crippen LogP) is 1.01. The molecule has 1 N–H and O–H groups in total. The maximum Gasteiger partial charge on any atom is 0.245 e. The van der Waals surface area contributed by atoms with Crippen molar-refractivity contribution >= 4 is 11.7 Å². The lowest BCUT2D eigenvalue weighted by atomic mass is 10.2. The maximum absolute atomic E-state index is 12.1. The van der Waals surface area contributed by atoms with Crippen LogP contribution in [0, 0.1) is 0 Å². The molecular formula is C12H20N4O. The average molecular weight is 236 g/mol. The minimum Gasteiger partial charge on any atom is -0.306 e. The van der Waals surface area contributed by atoms with E-state index < -0.39 is 0 Å². The Balaban J connectivity index is 2.01. The standard InChI is InChI=1S/C12H20N4O/c1-3-7-13-10-5-9-16(12(10)17)11-6-8-15(4-2)14-11/h6,8,10,13H,3-5,7,9H2,1-2H3. The smallest absolute Gasteiger partial charge is 0.245 e. The normalized spacial score (nSPS) is 20.2. The van der Waals surface area contributed by atoms with Crippen molar-refractivity contribution in [3.63, 3.8) is 0 Å². The van der Waals surface area contributed by atoms with E-state index >= 15 is 0 Å². The van der Waals surface area contributed by atoms with Crippen LogP contribution in [0.2, 0.25) is 0 Å². The summed E-state index contributed by atoms with van der Waals surface area (Å²) < 4.78 is 1.84. The van der Waals surface area contributed by atoms with E-state index in [0.717, 1.165) is 38.3 Å². The Morgan fingerprint density at radius 2 is 2.35 bits per heavy atom. The number of carbonyl (C=O) groups is 1. The van der Waals surface area contributed by atoms with Crippen LogP contribution in [0.25, 0.3) is 0 Å². The molecule has 0 spiro atoms. The minimum atomic E-state index is -0.0262. The lowest BCUT2D eigenvalue weighted by molar-refractivity contribution is -0.118. The SMILES string of the molecule is CCCNC1CCN(c2ccn(CC)n2)C1=O. The van der Waals surface area contributed by atoms with E-state index in [-0.39, 0.29) is 11.9 Å². The van der Waals surface area contributed by atoms with Crippen LogP contribution < -0.4 is 10.2 Å². The van der Waals surface area contributed by atoms with Gasteiger partial charge in [0.15, 0.2) is 5.82 Å². The molecule has 1 aromatic rings. The second-order valence-electron chi connectivity index (χ2n) is 4.31. The van der Waals surface area contributed by atoms with Gasteiger partial charge in [0.1, 0.15) is 0 Å². The van der Waals surface area contributed by atoms with Crippen LogP contribution in [0.15, 0.2) is 12.3 Å². The molecule has 0 saturated carbocycles. The van der Waals surface area contributed by atoms with E-state index in [4.69, 9.17) is 0 Å². The predicted molar refractivity (Wildman–Crippen MR) is 67.0 cm³/mol. The van der Waals surface area contributed by atoms with Crippen LogP contribution in [0.5, 0.6) is 0 Å². The van der Waals surface area contributed by atoms with Gasteiger partial charge in [0.25, 0.3) is 0 Å². The molecule has 1 aromatic heterocycles. The third-order valence-corrected chi connectivity index (χ3v) is 3.07. The number of nitrogens with one attached hydrogen (secondary N) is 1. The van der Waals surface area contributed by atoms with Gasteiger partial charge in [-0.2, -0.15) is 5.10 Å². The van der Waals surface area contributed by atoms with E-state index in [0.29, 0.717) is 0 Å². The summed E-state index contributed by atoms with van der Waals surface area (Å²) in [5, 5.41) is 7.65. The fourth-order valence-electron chi connectivity index (χ4n) is 2.09. The summed E-state index contributed by atoms with van der Waals surface area (Å²) in [6.45, 7) is 6.63. The number of hydrogen-bond acceptors (Lipinski definition) is 3. The summed E-state index contributed by atoms with van der Waals surface area (Å²) in [7, 11) is 0. The summed E-state index contributed by atoms with van der Waals surface area (Å²) in [4.78, 5) is 13.9. The topological polar surface area (TPSA) is 50.2 Å². The Labute approximate surface area is 102 Å². The first-order valence-corrected chi connectivity index (χ1v) is 6.34. The van der Waals surface area contributed by atoms with Gasteiger partial charge in [-0.05, 0) is 26.3 Å². The molecule has 1 aliphatic heterocycles. The van der Waals surface area contributed by atoms with Gasteiger partial charge in [0.05, 0.1) is 6.04 Å². The van der Waals surface area contributed by atoms with E-state index in [1.807, 2.05) is 23.9 Å². The Hall–Kier alpha value is -1.36. The second kappa shape index (κ2) is 5.31. The second-order valence-corrected chi connectivity index (χ2v) is 4.31. The van der Waals surface area contributed by atoms with Crippen molar-refractivity contribution in [3.05, 3.63) is 12.3 Å². The molecule has 0 radical (unpaired) electrons. The number of aromatic nitrogens is 2. The number of anilines is 1.